The first-order valence-corrected chi connectivity index (χ1v) is 3.18. The van der Waals surface area contributed by atoms with Crippen LogP contribution < -0.4 is 5.32 Å². The van der Waals surface area contributed by atoms with Crippen molar-refractivity contribution in [3.63, 3.8) is 0 Å². The molecule has 1 aromatic heterocycles. The first-order chi connectivity index (χ1) is 5.77. The van der Waals surface area contributed by atoms with Gasteiger partial charge in [0.25, 0.3) is 12.0 Å². The van der Waals surface area contributed by atoms with Crippen molar-refractivity contribution < 1.29 is 18.7 Å². The van der Waals surface area contributed by atoms with Crippen molar-refractivity contribution in [2.75, 3.05) is 0 Å². The van der Waals surface area contributed by atoms with Gasteiger partial charge in [-0.3, -0.25) is 10.1 Å². The fraction of sp³-hybridized carbons (Fsp3) is 0.167. The Hall–Kier alpha value is -1.85. The van der Waals surface area contributed by atoms with Crippen LogP contribution in [0.5, 0.6) is 0 Å². The molecule has 2 heterocycles. The third-order valence-electron chi connectivity index (χ3n) is 1.36. The van der Waals surface area contributed by atoms with Crippen molar-refractivity contribution in [1.82, 2.24) is 10.3 Å². The lowest BCUT2D eigenvalue weighted by Crippen LogP contribution is -2.20. The second kappa shape index (κ2) is 2.33. The van der Waals surface area contributed by atoms with Crippen molar-refractivity contribution in [2.45, 2.75) is 6.10 Å². The maximum Gasteiger partial charge on any atom is 0.415 e. The van der Waals surface area contributed by atoms with Gasteiger partial charge in [-0.2, -0.15) is 0 Å². The average molecular weight is 168 g/mol. The molecule has 0 bridgehead atoms. The van der Waals surface area contributed by atoms with Gasteiger partial charge in [-0.05, 0) is 0 Å². The van der Waals surface area contributed by atoms with Crippen LogP contribution in [0.4, 0.5) is 4.79 Å². The van der Waals surface area contributed by atoms with Crippen molar-refractivity contribution in [1.29, 1.82) is 0 Å². The molecule has 2 amide bonds. The SMILES string of the molecule is O=C1NC(=O)C(c2ncco2)O1. The highest BCUT2D eigenvalue weighted by Gasteiger charge is 2.36. The summed E-state index contributed by atoms with van der Waals surface area (Å²) in [6, 6.07) is 0. The number of ether oxygens (including phenoxy) is 1. The molecule has 1 fully saturated rings. The van der Waals surface area contributed by atoms with Crippen LogP contribution in [-0.4, -0.2) is 17.0 Å². The van der Waals surface area contributed by atoms with E-state index in [4.69, 9.17) is 4.42 Å². The number of cyclic esters (lactones) is 1. The third-order valence-corrected chi connectivity index (χ3v) is 1.36. The number of oxazole rings is 1. The topological polar surface area (TPSA) is 81.4 Å². The first kappa shape index (κ1) is 6.84. The molecule has 0 aliphatic carbocycles. The molecule has 0 spiro atoms. The molecule has 12 heavy (non-hydrogen) atoms. The van der Waals surface area contributed by atoms with E-state index in [1.165, 1.54) is 12.5 Å². The Bertz CT molecular complexity index is 318. The summed E-state index contributed by atoms with van der Waals surface area (Å²) in [5, 5.41) is 1.96. The van der Waals surface area contributed by atoms with E-state index < -0.39 is 18.1 Å². The van der Waals surface area contributed by atoms with Crippen LogP contribution in [0.3, 0.4) is 0 Å². The number of imide groups is 1. The maximum atomic E-state index is 10.9. The molecule has 1 N–H and O–H groups in total. The number of amides is 2. The largest absolute Gasteiger partial charge is 0.445 e. The molecule has 1 aromatic rings. The highest BCUT2D eigenvalue weighted by atomic mass is 16.6. The Morgan fingerprint density at radius 3 is 2.83 bits per heavy atom. The van der Waals surface area contributed by atoms with Gasteiger partial charge in [0.1, 0.15) is 6.26 Å². The van der Waals surface area contributed by atoms with E-state index in [-0.39, 0.29) is 5.89 Å². The molecular weight excluding hydrogens is 164 g/mol. The highest BCUT2D eigenvalue weighted by molar-refractivity contribution is 5.99. The number of aromatic nitrogens is 1. The molecule has 0 radical (unpaired) electrons. The van der Waals surface area contributed by atoms with Gasteiger partial charge in [0.2, 0.25) is 5.89 Å². The third kappa shape index (κ3) is 0.931. The van der Waals surface area contributed by atoms with Gasteiger partial charge in [-0.15, -0.1) is 0 Å². The van der Waals surface area contributed by atoms with Gasteiger partial charge < -0.3 is 9.15 Å². The van der Waals surface area contributed by atoms with Crippen LogP contribution in [0.15, 0.2) is 16.9 Å². The average Bonchev–Trinajstić information content (AvgIpc) is 2.58. The second-order valence-corrected chi connectivity index (χ2v) is 2.14. The summed E-state index contributed by atoms with van der Waals surface area (Å²) in [6.45, 7) is 0. The molecule has 62 valence electrons. The van der Waals surface area contributed by atoms with Crippen LogP contribution >= 0.6 is 0 Å². The van der Waals surface area contributed by atoms with Gasteiger partial charge in [0, 0.05) is 0 Å². The minimum atomic E-state index is -1.03. The number of rotatable bonds is 1. The number of hydrogen-bond acceptors (Lipinski definition) is 5. The molecule has 6 heteroatoms. The molecule has 0 saturated carbocycles. The zero-order valence-corrected chi connectivity index (χ0v) is 5.81. The van der Waals surface area contributed by atoms with Crippen molar-refractivity contribution in [2.24, 2.45) is 0 Å². The predicted molar refractivity (Wildman–Crippen MR) is 33.9 cm³/mol. The minimum absolute atomic E-state index is 0.0818. The minimum Gasteiger partial charge on any atom is -0.445 e. The van der Waals surface area contributed by atoms with E-state index in [9.17, 15) is 9.59 Å². The predicted octanol–water partition coefficient (Wildman–Crippen LogP) is -0.0179. The summed E-state index contributed by atoms with van der Waals surface area (Å²) < 4.78 is 9.35. The summed E-state index contributed by atoms with van der Waals surface area (Å²) in [7, 11) is 0. The second-order valence-electron chi connectivity index (χ2n) is 2.14. The van der Waals surface area contributed by atoms with Crippen molar-refractivity contribution >= 4 is 12.0 Å². The van der Waals surface area contributed by atoms with Gasteiger partial charge >= 0.3 is 6.09 Å². The molecule has 1 atom stereocenters. The van der Waals surface area contributed by atoms with Crippen LogP contribution in [0.1, 0.15) is 12.0 Å². The lowest BCUT2D eigenvalue weighted by Gasteiger charge is -1.98. The van der Waals surface area contributed by atoms with Crippen LogP contribution in [-0.2, 0) is 9.53 Å². The van der Waals surface area contributed by atoms with Crippen molar-refractivity contribution in [3.8, 4) is 0 Å². The zero-order chi connectivity index (χ0) is 8.55. The van der Waals surface area contributed by atoms with Crippen LogP contribution in [0.25, 0.3) is 0 Å². The summed E-state index contributed by atoms with van der Waals surface area (Å²) in [5.41, 5.74) is 0. The normalized spacial score (nSPS) is 22.2. The van der Waals surface area contributed by atoms with E-state index >= 15 is 0 Å². The Balaban J connectivity index is 2.26. The summed E-state index contributed by atoms with van der Waals surface area (Å²) >= 11 is 0. The number of alkyl carbamates (subject to hydrolysis) is 1. The highest BCUT2D eigenvalue weighted by Crippen LogP contribution is 2.19. The molecular formula is C6H4N2O4. The molecule has 1 unspecified atom stereocenters. The Kier molecular flexibility index (Phi) is 1.33. The van der Waals surface area contributed by atoms with E-state index in [2.05, 4.69) is 9.72 Å². The zero-order valence-electron chi connectivity index (χ0n) is 5.81. The molecule has 2 rings (SSSR count). The van der Waals surface area contributed by atoms with E-state index in [0.717, 1.165) is 0 Å². The van der Waals surface area contributed by atoms with Crippen molar-refractivity contribution in [3.05, 3.63) is 18.4 Å². The lowest BCUT2D eigenvalue weighted by molar-refractivity contribution is -0.124. The van der Waals surface area contributed by atoms with Crippen LogP contribution in [0.2, 0.25) is 0 Å². The fourth-order valence-electron chi connectivity index (χ4n) is 0.883. The Labute approximate surface area is 66.5 Å². The van der Waals surface area contributed by atoms with Gasteiger partial charge in [-0.25, -0.2) is 9.78 Å². The summed E-state index contributed by atoms with van der Waals surface area (Å²) in [5.74, 6) is -0.471. The summed E-state index contributed by atoms with van der Waals surface area (Å²) in [4.78, 5) is 25.1. The Morgan fingerprint density at radius 2 is 2.33 bits per heavy atom. The first-order valence-electron chi connectivity index (χ1n) is 3.18. The van der Waals surface area contributed by atoms with E-state index in [0.29, 0.717) is 0 Å². The molecule has 6 nitrogen and oxygen atoms in total. The number of nitrogens with one attached hydrogen (secondary N) is 1. The van der Waals surface area contributed by atoms with Gasteiger partial charge in [-0.1, -0.05) is 0 Å². The molecule has 1 aliphatic rings. The number of hydrogen-bond donors (Lipinski definition) is 1. The Morgan fingerprint density at radius 1 is 1.50 bits per heavy atom. The number of carbonyl (C=O) groups excluding carboxylic acids is 2. The standard InChI is InChI=1S/C6H4N2O4/c9-4-3(12-6(10)8-4)5-7-1-2-11-5/h1-3H,(H,8,9,10). The molecule has 1 aliphatic heterocycles. The maximum absolute atomic E-state index is 10.9. The number of carbonyl (C=O) groups is 2. The monoisotopic (exact) mass is 168 g/mol. The summed E-state index contributed by atoms with van der Waals surface area (Å²) in [6.07, 6.45) is 0.861. The quantitative estimate of drug-likeness (QED) is 0.637. The fourth-order valence-corrected chi connectivity index (χ4v) is 0.883. The van der Waals surface area contributed by atoms with Crippen LogP contribution in [0, 0.1) is 0 Å². The van der Waals surface area contributed by atoms with E-state index in [1.807, 2.05) is 5.32 Å². The van der Waals surface area contributed by atoms with Gasteiger partial charge in [0.15, 0.2) is 0 Å². The van der Waals surface area contributed by atoms with Gasteiger partial charge in [0.05, 0.1) is 6.20 Å². The number of nitrogens with zero attached hydrogens (tertiary/aromatic N) is 1. The smallest absolute Gasteiger partial charge is 0.415 e. The molecule has 1 saturated heterocycles. The van der Waals surface area contributed by atoms with E-state index in [1.54, 1.807) is 0 Å². The lowest BCUT2D eigenvalue weighted by atomic mass is 10.3. The molecule has 0 aromatic carbocycles.